The van der Waals surface area contributed by atoms with Crippen LogP contribution in [-0.4, -0.2) is 25.3 Å². The quantitative estimate of drug-likeness (QED) is 0.735. The van der Waals surface area contributed by atoms with E-state index in [4.69, 9.17) is 4.74 Å². The number of ether oxygens (including phenoxy) is 1. The van der Waals surface area contributed by atoms with Gasteiger partial charge in [-0.25, -0.2) is 0 Å². The first-order valence-corrected chi connectivity index (χ1v) is 7.51. The summed E-state index contributed by atoms with van der Waals surface area (Å²) in [5.74, 6) is 1.60. The molecule has 1 aliphatic rings. The molecule has 2 nitrogen and oxygen atoms in total. The zero-order chi connectivity index (χ0) is 12.7. The molecule has 1 N–H and O–H groups in total. The minimum absolute atomic E-state index is 0.524. The minimum Gasteiger partial charge on any atom is -0.380 e. The molecule has 0 heterocycles. The molecule has 3 unspecified atom stereocenters. The largest absolute Gasteiger partial charge is 0.380 e. The highest BCUT2D eigenvalue weighted by Gasteiger charge is 2.24. The van der Waals surface area contributed by atoms with E-state index in [0.29, 0.717) is 12.0 Å². The molecule has 1 saturated carbocycles. The van der Waals surface area contributed by atoms with Crippen LogP contribution >= 0.6 is 0 Å². The number of hydrogen-bond donors (Lipinski definition) is 1. The van der Waals surface area contributed by atoms with Crippen molar-refractivity contribution in [3.63, 3.8) is 0 Å². The van der Waals surface area contributed by atoms with Crippen LogP contribution < -0.4 is 5.32 Å². The average Bonchev–Trinajstić information content (AvgIpc) is 2.34. The van der Waals surface area contributed by atoms with Crippen LogP contribution in [-0.2, 0) is 4.74 Å². The van der Waals surface area contributed by atoms with Crippen molar-refractivity contribution in [2.45, 2.75) is 71.9 Å². The van der Waals surface area contributed by atoms with E-state index in [9.17, 15) is 0 Å². The Bertz CT molecular complexity index is 193. The van der Waals surface area contributed by atoms with Crippen molar-refractivity contribution in [2.24, 2.45) is 11.8 Å². The van der Waals surface area contributed by atoms with Crippen LogP contribution in [0.1, 0.15) is 59.8 Å². The number of nitrogens with one attached hydrogen (secondary N) is 1. The minimum atomic E-state index is 0.524. The summed E-state index contributed by atoms with van der Waals surface area (Å²) in [5, 5.41) is 3.83. The molecule has 1 aliphatic carbocycles. The summed E-state index contributed by atoms with van der Waals surface area (Å²) < 4.78 is 5.59. The fourth-order valence-electron chi connectivity index (χ4n) is 2.79. The molecule has 1 fully saturated rings. The van der Waals surface area contributed by atoms with E-state index in [-0.39, 0.29) is 0 Å². The Hall–Kier alpha value is -0.0800. The zero-order valence-corrected chi connectivity index (χ0v) is 12.2. The smallest absolute Gasteiger partial charge is 0.0622 e. The predicted octanol–water partition coefficient (Wildman–Crippen LogP) is 3.61. The van der Waals surface area contributed by atoms with Crippen LogP contribution in [0.15, 0.2) is 0 Å². The lowest BCUT2D eigenvalue weighted by atomic mass is 9.83. The third-order valence-electron chi connectivity index (χ3n) is 4.12. The highest BCUT2D eigenvalue weighted by molar-refractivity contribution is 4.82. The van der Waals surface area contributed by atoms with E-state index >= 15 is 0 Å². The van der Waals surface area contributed by atoms with Gasteiger partial charge in [-0.05, 0) is 31.6 Å². The molecule has 0 aliphatic heterocycles. The molecule has 0 aromatic rings. The summed E-state index contributed by atoms with van der Waals surface area (Å²) in [4.78, 5) is 0. The van der Waals surface area contributed by atoms with Gasteiger partial charge in [-0.3, -0.25) is 0 Å². The van der Waals surface area contributed by atoms with E-state index in [2.05, 4.69) is 33.0 Å². The first kappa shape index (κ1) is 15.0. The van der Waals surface area contributed by atoms with Crippen LogP contribution in [0, 0.1) is 11.8 Å². The molecule has 0 spiro atoms. The number of hydrogen-bond acceptors (Lipinski definition) is 2. The highest BCUT2D eigenvalue weighted by atomic mass is 16.5. The van der Waals surface area contributed by atoms with Crippen LogP contribution in [0.5, 0.6) is 0 Å². The molecule has 0 saturated heterocycles. The summed E-state index contributed by atoms with van der Waals surface area (Å²) >= 11 is 0. The zero-order valence-electron chi connectivity index (χ0n) is 12.2. The van der Waals surface area contributed by atoms with E-state index in [0.717, 1.165) is 25.2 Å². The van der Waals surface area contributed by atoms with Gasteiger partial charge in [0.15, 0.2) is 0 Å². The second-order valence-corrected chi connectivity index (χ2v) is 5.81. The van der Waals surface area contributed by atoms with Crippen LogP contribution in [0.2, 0.25) is 0 Å². The van der Waals surface area contributed by atoms with E-state index in [1.807, 2.05) is 0 Å². The third-order valence-corrected chi connectivity index (χ3v) is 4.12. The maximum absolute atomic E-state index is 5.59. The molecule has 0 amide bonds. The average molecular weight is 241 g/mol. The van der Waals surface area contributed by atoms with Gasteiger partial charge in [0.1, 0.15) is 0 Å². The van der Waals surface area contributed by atoms with E-state index < -0.39 is 0 Å². The Morgan fingerprint density at radius 3 is 2.59 bits per heavy atom. The number of rotatable bonds is 7. The Labute approximate surface area is 108 Å². The van der Waals surface area contributed by atoms with Gasteiger partial charge >= 0.3 is 0 Å². The first-order chi connectivity index (χ1) is 8.17. The first-order valence-electron chi connectivity index (χ1n) is 7.51. The molecule has 17 heavy (non-hydrogen) atoms. The van der Waals surface area contributed by atoms with Gasteiger partial charge in [0.25, 0.3) is 0 Å². The second kappa shape index (κ2) is 8.10. The Balaban J connectivity index is 2.37. The fraction of sp³-hybridized carbons (Fsp3) is 1.00. The van der Waals surface area contributed by atoms with Crippen LogP contribution in [0.3, 0.4) is 0 Å². The van der Waals surface area contributed by atoms with Gasteiger partial charge in [-0.1, -0.05) is 40.0 Å². The predicted molar refractivity (Wildman–Crippen MR) is 74.3 cm³/mol. The SMILES string of the molecule is CCOCC(NC1CCCC(CC)C1)C(C)C. The van der Waals surface area contributed by atoms with Crippen molar-refractivity contribution < 1.29 is 4.74 Å². The summed E-state index contributed by atoms with van der Waals surface area (Å²) in [6, 6.07) is 1.25. The molecular formula is C15H31NO. The lowest BCUT2D eigenvalue weighted by molar-refractivity contribution is 0.0974. The van der Waals surface area contributed by atoms with Crippen molar-refractivity contribution >= 4 is 0 Å². The van der Waals surface area contributed by atoms with Crippen molar-refractivity contribution in [3.8, 4) is 0 Å². The summed E-state index contributed by atoms with van der Waals surface area (Å²) in [7, 11) is 0. The molecular weight excluding hydrogens is 210 g/mol. The Morgan fingerprint density at radius 2 is 2.00 bits per heavy atom. The molecule has 102 valence electrons. The van der Waals surface area contributed by atoms with Gasteiger partial charge in [0, 0.05) is 18.7 Å². The van der Waals surface area contributed by atoms with Gasteiger partial charge in [-0.2, -0.15) is 0 Å². The van der Waals surface area contributed by atoms with Gasteiger partial charge in [0.2, 0.25) is 0 Å². The highest BCUT2D eigenvalue weighted by Crippen LogP contribution is 2.27. The van der Waals surface area contributed by atoms with Crippen molar-refractivity contribution in [1.29, 1.82) is 0 Å². The standard InChI is InChI=1S/C15H31NO/c1-5-13-8-7-9-14(10-13)16-15(12(3)4)11-17-6-2/h12-16H,5-11H2,1-4H3. The molecule has 3 atom stereocenters. The van der Waals surface area contributed by atoms with Gasteiger partial charge in [0.05, 0.1) is 6.61 Å². The van der Waals surface area contributed by atoms with Crippen molar-refractivity contribution in [1.82, 2.24) is 5.32 Å². The molecule has 1 rings (SSSR count). The summed E-state index contributed by atoms with van der Waals surface area (Å²) in [6.07, 6.45) is 6.90. The summed E-state index contributed by atoms with van der Waals surface area (Å²) in [6.45, 7) is 10.7. The fourth-order valence-corrected chi connectivity index (χ4v) is 2.79. The van der Waals surface area contributed by atoms with E-state index in [1.165, 1.54) is 32.1 Å². The normalized spacial score (nSPS) is 27.4. The lowest BCUT2D eigenvalue weighted by Crippen LogP contribution is -2.46. The Kier molecular flexibility index (Phi) is 7.14. The summed E-state index contributed by atoms with van der Waals surface area (Å²) in [5.41, 5.74) is 0. The molecule has 0 radical (unpaired) electrons. The van der Waals surface area contributed by atoms with Crippen LogP contribution in [0.25, 0.3) is 0 Å². The van der Waals surface area contributed by atoms with Crippen LogP contribution in [0.4, 0.5) is 0 Å². The molecule has 0 aromatic carbocycles. The third kappa shape index (κ3) is 5.39. The molecule has 0 aromatic heterocycles. The maximum atomic E-state index is 5.59. The molecule has 0 bridgehead atoms. The molecule has 2 heteroatoms. The van der Waals surface area contributed by atoms with Gasteiger partial charge < -0.3 is 10.1 Å². The Morgan fingerprint density at radius 1 is 1.24 bits per heavy atom. The monoisotopic (exact) mass is 241 g/mol. The van der Waals surface area contributed by atoms with E-state index in [1.54, 1.807) is 0 Å². The lowest BCUT2D eigenvalue weighted by Gasteiger charge is -2.34. The topological polar surface area (TPSA) is 21.3 Å². The second-order valence-electron chi connectivity index (χ2n) is 5.81. The van der Waals surface area contributed by atoms with Crippen molar-refractivity contribution in [3.05, 3.63) is 0 Å². The van der Waals surface area contributed by atoms with Gasteiger partial charge in [-0.15, -0.1) is 0 Å². The van der Waals surface area contributed by atoms with Crippen molar-refractivity contribution in [2.75, 3.05) is 13.2 Å². The maximum Gasteiger partial charge on any atom is 0.0622 e.